The van der Waals surface area contributed by atoms with Gasteiger partial charge in [-0.25, -0.2) is 0 Å². The number of ether oxygens (including phenoxy) is 1. The van der Waals surface area contributed by atoms with Crippen molar-refractivity contribution in [2.45, 2.75) is 13.3 Å². The summed E-state index contributed by atoms with van der Waals surface area (Å²) >= 11 is 1.67. The number of carbonyl (C=O) groups is 1. The van der Waals surface area contributed by atoms with E-state index in [1.807, 2.05) is 30.5 Å². The van der Waals surface area contributed by atoms with Crippen LogP contribution in [0.1, 0.15) is 22.8 Å². The maximum absolute atomic E-state index is 12.1. The van der Waals surface area contributed by atoms with Crippen molar-refractivity contribution in [2.24, 2.45) is 0 Å². The number of hydrogen-bond donors (Lipinski definition) is 1. The molecule has 0 saturated heterocycles. The van der Waals surface area contributed by atoms with E-state index in [0.29, 0.717) is 24.5 Å². The van der Waals surface area contributed by atoms with Crippen molar-refractivity contribution < 1.29 is 9.53 Å². The molecule has 3 nitrogen and oxygen atoms in total. The lowest BCUT2D eigenvalue weighted by Crippen LogP contribution is -2.26. The summed E-state index contributed by atoms with van der Waals surface area (Å²) in [5.41, 5.74) is 1.85. The number of rotatable bonds is 6. The molecular formula is C15H17NO2S. The van der Waals surface area contributed by atoms with Gasteiger partial charge in [0.15, 0.2) is 0 Å². The predicted octanol–water partition coefficient (Wildman–Crippen LogP) is 3.12. The van der Waals surface area contributed by atoms with Gasteiger partial charge in [-0.3, -0.25) is 4.79 Å². The molecule has 0 atom stereocenters. The van der Waals surface area contributed by atoms with Crippen LogP contribution in [0.15, 0.2) is 41.1 Å². The molecule has 1 heterocycles. The van der Waals surface area contributed by atoms with Crippen molar-refractivity contribution in [3.8, 4) is 5.75 Å². The molecule has 100 valence electrons. The van der Waals surface area contributed by atoms with Crippen LogP contribution >= 0.6 is 11.3 Å². The van der Waals surface area contributed by atoms with Gasteiger partial charge in [0, 0.05) is 6.54 Å². The fourth-order valence-corrected chi connectivity index (χ4v) is 2.49. The van der Waals surface area contributed by atoms with Crippen LogP contribution < -0.4 is 10.1 Å². The normalized spacial score (nSPS) is 10.2. The lowest BCUT2D eigenvalue weighted by molar-refractivity contribution is 0.0950. The molecule has 1 amide bonds. The molecule has 2 rings (SSSR count). The summed E-state index contributed by atoms with van der Waals surface area (Å²) in [5.74, 6) is 0.553. The Balaban J connectivity index is 1.92. The van der Waals surface area contributed by atoms with Gasteiger partial charge < -0.3 is 10.1 Å². The quantitative estimate of drug-likeness (QED) is 0.879. The molecule has 0 aliphatic carbocycles. The smallest absolute Gasteiger partial charge is 0.255 e. The number of thiophene rings is 1. The molecular weight excluding hydrogens is 258 g/mol. The van der Waals surface area contributed by atoms with Gasteiger partial charge in [0.2, 0.25) is 0 Å². The van der Waals surface area contributed by atoms with E-state index in [1.54, 1.807) is 17.4 Å². The fraction of sp³-hybridized carbons (Fsp3) is 0.267. The third-order valence-corrected chi connectivity index (χ3v) is 3.44. The maximum Gasteiger partial charge on any atom is 0.255 e. The highest BCUT2D eigenvalue weighted by Gasteiger charge is 2.10. The zero-order valence-electron chi connectivity index (χ0n) is 10.9. The Morgan fingerprint density at radius 1 is 1.32 bits per heavy atom. The van der Waals surface area contributed by atoms with Crippen LogP contribution in [-0.4, -0.2) is 19.1 Å². The van der Waals surface area contributed by atoms with Gasteiger partial charge in [-0.2, -0.15) is 11.3 Å². The largest absolute Gasteiger partial charge is 0.493 e. The Labute approximate surface area is 117 Å². The van der Waals surface area contributed by atoms with E-state index in [4.69, 9.17) is 4.74 Å². The van der Waals surface area contributed by atoms with Crippen molar-refractivity contribution in [2.75, 3.05) is 13.2 Å². The van der Waals surface area contributed by atoms with Crippen LogP contribution in [0.5, 0.6) is 5.75 Å². The second-order valence-corrected chi connectivity index (χ2v) is 4.85. The second kappa shape index (κ2) is 6.95. The average Bonchev–Trinajstić information content (AvgIpc) is 2.93. The van der Waals surface area contributed by atoms with Gasteiger partial charge in [-0.15, -0.1) is 0 Å². The van der Waals surface area contributed by atoms with Crippen molar-refractivity contribution in [3.63, 3.8) is 0 Å². The number of carbonyl (C=O) groups excluding carboxylic acids is 1. The first-order valence-corrected chi connectivity index (χ1v) is 7.26. The minimum absolute atomic E-state index is 0.0840. The van der Waals surface area contributed by atoms with Crippen LogP contribution in [-0.2, 0) is 6.42 Å². The lowest BCUT2D eigenvalue weighted by Gasteiger charge is -2.10. The minimum atomic E-state index is -0.0840. The molecule has 4 heteroatoms. The zero-order chi connectivity index (χ0) is 13.5. The van der Waals surface area contributed by atoms with Crippen molar-refractivity contribution >= 4 is 17.2 Å². The van der Waals surface area contributed by atoms with Crippen LogP contribution in [0, 0.1) is 0 Å². The van der Waals surface area contributed by atoms with Crippen molar-refractivity contribution in [1.29, 1.82) is 0 Å². The monoisotopic (exact) mass is 275 g/mol. The highest BCUT2D eigenvalue weighted by atomic mass is 32.1. The van der Waals surface area contributed by atoms with E-state index in [2.05, 4.69) is 16.8 Å². The van der Waals surface area contributed by atoms with Crippen molar-refractivity contribution in [3.05, 3.63) is 52.2 Å². The molecule has 0 spiro atoms. The Kier molecular flexibility index (Phi) is 4.98. The minimum Gasteiger partial charge on any atom is -0.493 e. The van der Waals surface area contributed by atoms with Gasteiger partial charge in [-0.05, 0) is 47.9 Å². The summed E-state index contributed by atoms with van der Waals surface area (Å²) in [4.78, 5) is 12.1. The summed E-state index contributed by atoms with van der Waals surface area (Å²) in [6.07, 6.45) is 0.853. The summed E-state index contributed by atoms with van der Waals surface area (Å²) in [6, 6.07) is 9.39. The first-order valence-electron chi connectivity index (χ1n) is 6.32. The molecule has 1 N–H and O–H groups in total. The van der Waals surface area contributed by atoms with Crippen LogP contribution in [0.2, 0.25) is 0 Å². The average molecular weight is 275 g/mol. The SMILES string of the molecule is CCOc1ccccc1C(=O)NCCc1ccsc1. The molecule has 2 aromatic rings. The molecule has 0 bridgehead atoms. The molecule has 0 fully saturated rings. The summed E-state index contributed by atoms with van der Waals surface area (Å²) in [7, 11) is 0. The summed E-state index contributed by atoms with van der Waals surface area (Å²) < 4.78 is 5.45. The van der Waals surface area contributed by atoms with Gasteiger partial charge in [-0.1, -0.05) is 12.1 Å². The third kappa shape index (κ3) is 3.83. The first-order chi connectivity index (χ1) is 9.31. The van der Waals surface area contributed by atoms with Crippen LogP contribution in [0.4, 0.5) is 0 Å². The first kappa shape index (κ1) is 13.6. The Bertz CT molecular complexity index is 523. The van der Waals surface area contributed by atoms with Gasteiger partial charge in [0.05, 0.1) is 12.2 Å². The standard InChI is InChI=1S/C15H17NO2S/c1-2-18-14-6-4-3-5-13(14)15(17)16-9-7-12-8-10-19-11-12/h3-6,8,10-11H,2,7,9H2,1H3,(H,16,17). The summed E-state index contributed by atoms with van der Waals surface area (Å²) in [6.45, 7) is 3.10. The molecule has 0 unspecified atom stereocenters. The maximum atomic E-state index is 12.1. The highest BCUT2D eigenvalue weighted by Crippen LogP contribution is 2.17. The van der Waals surface area contributed by atoms with E-state index < -0.39 is 0 Å². The second-order valence-electron chi connectivity index (χ2n) is 4.07. The lowest BCUT2D eigenvalue weighted by atomic mass is 10.2. The topological polar surface area (TPSA) is 38.3 Å². The van der Waals surface area contributed by atoms with Gasteiger partial charge in [0.1, 0.15) is 5.75 Å². The van der Waals surface area contributed by atoms with Gasteiger partial charge in [0.25, 0.3) is 5.91 Å². The fourth-order valence-electron chi connectivity index (χ4n) is 1.79. The van der Waals surface area contributed by atoms with Crippen LogP contribution in [0.25, 0.3) is 0 Å². The number of amides is 1. The highest BCUT2D eigenvalue weighted by molar-refractivity contribution is 7.07. The molecule has 0 aliphatic rings. The van der Waals surface area contributed by atoms with E-state index in [9.17, 15) is 4.79 Å². The zero-order valence-corrected chi connectivity index (χ0v) is 11.7. The Morgan fingerprint density at radius 2 is 2.16 bits per heavy atom. The Morgan fingerprint density at radius 3 is 2.89 bits per heavy atom. The molecule has 19 heavy (non-hydrogen) atoms. The van der Waals surface area contributed by atoms with Crippen LogP contribution in [0.3, 0.4) is 0 Å². The predicted molar refractivity (Wildman–Crippen MR) is 78.0 cm³/mol. The van der Waals surface area contributed by atoms with Crippen molar-refractivity contribution in [1.82, 2.24) is 5.32 Å². The summed E-state index contributed by atoms with van der Waals surface area (Å²) in [5, 5.41) is 7.06. The van der Waals surface area contributed by atoms with E-state index in [0.717, 1.165) is 6.42 Å². The number of nitrogens with one attached hydrogen (secondary N) is 1. The molecule has 0 saturated carbocycles. The van der Waals surface area contributed by atoms with Gasteiger partial charge >= 0.3 is 0 Å². The molecule has 1 aromatic carbocycles. The molecule has 0 aliphatic heterocycles. The number of hydrogen-bond acceptors (Lipinski definition) is 3. The Hall–Kier alpha value is -1.81. The number of para-hydroxylation sites is 1. The molecule has 0 radical (unpaired) electrons. The van der Waals surface area contributed by atoms with E-state index in [1.165, 1.54) is 5.56 Å². The molecule has 1 aromatic heterocycles. The van der Waals surface area contributed by atoms with E-state index >= 15 is 0 Å². The number of benzene rings is 1. The van der Waals surface area contributed by atoms with E-state index in [-0.39, 0.29) is 5.91 Å². The third-order valence-electron chi connectivity index (χ3n) is 2.71.